The van der Waals surface area contributed by atoms with Gasteiger partial charge >= 0.3 is 0 Å². The van der Waals surface area contributed by atoms with Crippen molar-refractivity contribution in [2.24, 2.45) is 7.05 Å². The molecule has 0 amide bonds. The number of nitriles is 1. The molecular weight excluding hydrogens is 303 g/mol. The fraction of sp³-hybridized carbons (Fsp3) is 0.118. The zero-order valence-electron chi connectivity index (χ0n) is 11.3. The second-order valence-electron chi connectivity index (χ2n) is 4.83. The Morgan fingerprint density at radius 2 is 1.76 bits per heavy atom. The van der Waals surface area contributed by atoms with Crippen LogP contribution in [0, 0.1) is 11.3 Å². The number of aryl methyl sites for hydroxylation is 1. The standard InChI is InChI=1S/C17H12Cl2N2/c1-21-14-9-5-3-7-12(14)16(15(21)10-20)17(19)11-6-2-4-8-13(11)18/h2-9,17H,1H3. The number of benzene rings is 2. The third-order valence-electron chi connectivity index (χ3n) is 3.68. The minimum absolute atomic E-state index is 0.459. The van der Waals surface area contributed by atoms with Gasteiger partial charge in [0.05, 0.1) is 5.38 Å². The summed E-state index contributed by atoms with van der Waals surface area (Å²) in [6.45, 7) is 0. The number of alkyl halides is 1. The second kappa shape index (κ2) is 5.44. The van der Waals surface area contributed by atoms with E-state index in [1.807, 2.05) is 60.1 Å². The zero-order chi connectivity index (χ0) is 15.0. The molecule has 4 heteroatoms. The van der Waals surface area contributed by atoms with Crippen molar-refractivity contribution in [3.63, 3.8) is 0 Å². The lowest BCUT2D eigenvalue weighted by atomic mass is 10.0. The van der Waals surface area contributed by atoms with Crippen molar-refractivity contribution in [2.45, 2.75) is 5.38 Å². The minimum Gasteiger partial charge on any atom is -0.335 e. The predicted molar refractivity (Wildman–Crippen MR) is 86.8 cm³/mol. The Labute approximate surface area is 133 Å². The molecule has 3 rings (SSSR count). The van der Waals surface area contributed by atoms with Gasteiger partial charge in [-0.2, -0.15) is 5.26 Å². The third kappa shape index (κ3) is 2.19. The average Bonchev–Trinajstić information content (AvgIpc) is 2.80. The van der Waals surface area contributed by atoms with Crippen LogP contribution in [0.1, 0.15) is 22.2 Å². The molecule has 0 aliphatic rings. The van der Waals surface area contributed by atoms with Crippen LogP contribution < -0.4 is 0 Å². The highest BCUT2D eigenvalue weighted by Crippen LogP contribution is 2.39. The van der Waals surface area contributed by atoms with E-state index in [0.29, 0.717) is 10.7 Å². The zero-order valence-corrected chi connectivity index (χ0v) is 12.9. The Morgan fingerprint density at radius 3 is 2.48 bits per heavy atom. The molecule has 0 radical (unpaired) electrons. The van der Waals surface area contributed by atoms with Crippen molar-refractivity contribution in [1.82, 2.24) is 4.57 Å². The molecule has 0 N–H and O–H groups in total. The number of hydrogen-bond acceptors (Lipinski definition) is 1. The van der Waals surface area contributed by atoms with E-state index in [1.54, 1.807) is 0 Å². The summed E-state index contributed by atoms with van der Waals surface area (Å²) < 4.78 is 1.87. The number of halogens is 2. The highest BCUT2D eigenvalue weighted by Gasteiger charge is 2.23. The van der Waals surface area contributed by atoms with Crippen LogP contribution in [-0.4, -0.2) is 4.57 Å². The molecule has 1 heterocycles. The summed E-state index contributed by atoms with van der Waals surface area (Å²) in [6, 6.07) is 17.6. The van der Waals surface area contributed by atoms with Crippen LogP contribution in [-0.2, 0) is 7.05 Å². The maximum Gasteiger partial charge on any atom is 0.126 e. The fourth-order valence-corrected chi connectivity index (χ4v) is 3.36. The Bertz CT molecular complexity index is 859. The van der Waals surface area contributed by atoms with Crippen LogP contribution in [0.5, 0.6) is 0 Å². The molecule has 0 spiro atoms. The van der Waals surface area contributed by atoms with Crippen LogP contribution in [0.15, 0.2) is 48.5 Å². The van der Waals surface area contributed by atoms with Gasteiger partial charge in [-0.15, -0.1) is 11.6 Å². The van der Waals surface area contributed by atoms with Crippen molar-refractivity contribution in [3.8, 4) is 6.07 Å². The molecule has 0 saturated heterocycles. The van der Waals surface area contributed by atoms with Crippen molar-refractivity contribution >= 4 is 34.1 Å². The van der Waals surface area contributed by atoms with Gasteiger partial charge in [-0.25, -0.2) is 0 Å². The first-order valence-corrected chi connectivity index (χ1v) is 7.32. The number of fused-ring (bicyclic) bond motifs is 1. The van der Waals surface area contributed by atoms with E-state index in [0.717, 1.165) is 22.0 Å². The predicted octanol–water partition coefficient (Wildman–Crippen LogP) is 5.03. The maximum absolute atomic E-state index is 9.50. The first kappa shape index (κ1) is 14.0. The molecule has 0 saturated carbocycles. The first-order valence-electron chi connectivity index (χ1n) is 6.51. The molecule has 0 bridgehead atoms. The highest BCUT2D eigenvalue weighted by molar-refractivity contribution is 6.33. The van der Waals surface area contributed by atoms with Gasteiger partial charge < -0.3 is 4.57 Å². The van der Waals surface area contributed by atoms with Gasteiger partial charge in [-0.1, -0.05) is 48.0 Å². The van der Waals surface area contributed by atoms with E-state index in [4.69, 9.17) is 23.2 Å². The number of para-hydroxylation sites is 1. The van der Waals surface area contributed by atoms with Crippen molar-refractivity contribution in [3.05, 3.63) is 70.4 Å². The monoisotopic (exact) mass is 314 g/mol. The van der Waals surface area contributed by atoms with Gasteiger partial charge in [-0.05, 0) is 17.7 Å². The lowest BCUT2D eigenvalue weighted by Crippen LogP contribution is -1.99. The highest BCUT2D eigenvalue weighted by atomic mass is 35.5. The van der Waals surface area contributed by atoms with Crippen LogP contribution in [0.4, 0.5) is 0 Å². The van der Waals surface area contributed by atoms with Gasteiger partial charge in [0, 0.05) is 28.5 Å². The first-order chi connectivity index (χ1) is 10.1. The molecule has 2 nitrogen and oxygen atoms in total. The number of nitrogens with zero attached hydrogens (tertiary/aromatic N) is 2. The Balaban J connectivity index is 2.30. The molecule has 0 aliphatic carbocycles. The Hall–Kier alpha value is -1.95. The SMILES string of the molecule is Cn1c(C#N)c(C(Cl)c2ccccc2Cl)c2ccccc21. The number of rotatable bonds is 2. The molecule has 0 fully saturated rings. The van der Waals surface area contributed by atoms with Crippen LogP contribution >= 0.6 is 23.2 Å². The maximum atomic E-state index is 9.50. The summed E-state index contributed by atoms with van der Waals surface area (Å²) in [5.74, 6) is 0. The third-order valence-corrected chi connectivity index (χ3v) is 4.48. The molecule has 2 aromatic carbocycles. The number of hydrogen-bond donors (Lipinski definition) is 0. The van der Waals surface area contributed by atoms with Gasteiger partial charge in [-0.3, -0.25) is 0 Å². The Morgan fingerprint density at radius 1 is 1.10 bits per heavy atom. The average molecular weight is 315 g/mol. The summed E-state index contributed by atoms with van der Waals surface area (Å²) in [4.78, 5) is 0. The molecule has 21 heavy (non-hydrogen) atoms. The van der Waals surface area contributed by atoms with E-state index in [-0.39, 0.29) is 0 Å². The largest absolute Gasteiger partial charge is 0.335 e. The van der Waals surface area contributed by atoms with E-state index in [1.165, 1.54) is 0 Å². The van der Waals surface area contributed by atoms with Crippen LogP contribution in [0.2, 0.25) is 5.02 Å². The molecule has 3 aromatic rings. The van der Waals surface area contributed by atoms with Crippen LogP contribution in [0.3, 0.4) is 0 Å². The molecule has 1 unspecified atom stereocenters. The molecule has 104 valence electrons. The minimum atomic E-state index is -0.459. The second-order valence-corrected chi connectivity index (χ2v) is 5.68. The summed E-state index contributed by atoms with van der Waals surface area (Å²) in [5, 5.41) is 10.6. The van der Waals surface area contributed by atoms with Gasteiger partial charge in [0.1, 0.15) is 11.8 Å². The Kier molecular flexibility index (Phi) is 3.63. The summed E-state index contributed by atoms with van der Waals surface area (Å²) >= 11 is 12.9. The van der Waals surface area contributed by atoms with Crippen molar-refractivity contribution in [2.75, 3.05) is 0 Å². The lowest BCUT2D eigenvalue weighted by Gasteiger charge is -2.12. The quantitative estimate of drug-likeness (QED) is 0.610. The van der Waals surface area contributed by atoms with Gasteiger partial charge in [0.2, 0.25) is 0 Å². The normalized spacial score (nSPS) is 12.3. The van der Waals surface area contributed by atoms with E-state index < -0.39 is 5.38 Å². The summed E-state index contributed by atoms with van der Waals surface area (Å²) in [5.41, 5.74) is 3.18. The molecular formula is C17H12Cl2N2. The topological polar surface area (TPSA) is 28.7 Å². The van der Waals surface area contributed by atoms with Gasteiger partial charge in [0.25, 0.3) is 0 Å². The molecule has 1 aromatic heterocycles. The smallest absolute Gasteiger partial charge is 0.126 e. The van der Waals surface area contributed by atoms with Crippen molar-refractivity contribution in [1.29, 1.82) is 5.26 Å². The lowest BCUT2D eigenvalue weighted by molar-refractivity contribution is 0.931. The van der Waals surface area contributed by atoms with Crippen LogP contribution in [0.25, 0.3) is 10.9 Å². The number of aromatic nitrogens is 1. The molecule has 1 atom stereocenters. The fourth-order valence-electron chi connectivity index (χ4n) is 2.65. The van der Waals surface area contributed by atoms with Gasteiger partial charge in [0.15, 0.2) is 0 Å². The van der Waals surface area contributed by atoms with E-state index in [9.17, 15) is 5.26 Å². The summed E-state index contributed by atoms with van der Waals surface area (Å²) in [6.07, 6.45) is 0. The van der Waals surface area contributed by atoms with Crippen molar-refractivity contribution < 1.29 is 0 Å². The van der Waals surface area contributed by atoms with E-state index in [2.05, 4.69) is 6.07 Å². The van der Waals surface area contributed by atoms with E-state index >= 15 is 0 Å². The molecule has 0 aliphatic heterocycles. The summed E-state index contributed by atoms with van der Waals surface area (Å²) in [7, 11) is 1.88.